The fourth-order valence-electron chi connectivity index (χ4n) is 6.12. The standard InChI is InChI=1S/C28H45ClFN3O3/c1-31-19-23(18-21-10-4-3-5-11-21)32-27(34)33-16-9-12-22(20-33)28(35,15-6-7-17-36-2)24-13-8-14-25(29)26(24)30/h8,13-14,21-23,31,35H,3-7,9-12,15-20H2,1-2H3,(H,32,34)/t22-,23+,28-/m0/s1. The Labute approximate surface area is 221 Å². The maximum atomic E-state index is 15.1. The Morgan fingerprint density at radius 3 is 2.75 bits per heavy atom. The highest BCUT2D eigenvalue weighted by Gasteiger charge is 2.43. The number of hydrogen-bond acceptors (Lipinski definition) is 4. The molecule has 36 heavy (non-hydrogen) atoms. The summed E-state index contributed by atoms with van der Waals surface area (Å²) in [5, 5.41) is 18.5. The second-order valence-corrected chi connectivity index (χ2v) is 11.1. The normalized spacial score (nSPS) is 21.7. The van der Waals surface area contributed by atoms with E-state index in [0.717, 1.165) is 32.2 Å². The smallest absolute Gasteiger partial charge is 0.317 e. The van der Waals surface area contributed by atoms with E-state index in [2.05, 4.69) is 10.6 Å². The maximum absolute atomic E-state index is 15.1. The summed E-state index contributed by atoms with van der Waals surface area (Å²) in [7, 11) is 3.57. The summed E-state index contributed by atoms with van der Waals surface area (Å²) < 4.78 is 20.3. The third-order valence-corrected chi connectivity index (χ3v) is 8.37. The van der Waals surface area contributed by atoms with Gasteiger partial charge in [-0.1, -0.05) is 55.8 Å². The minimum Gasteiger partial charge on any atom is -0.385 e. The molecule has 2 fully saturated rings. The van der Waals surface area contributed by atoms with Crippen LogP contribution in [0.4, 0.5) is 9.18 Å². The van der Waals surface area contributed by atoms with Crippen LogP contribution in [0.1, 0.15) is 76.2 Å². The molecule has 0 spiro atoms. The van der Waals surface area contributed by atoms with Gasteiger partial charge in [0.2, 0.25) is 0 Å². The number of aliphatic hydroxyl groups is 1. The van der Waals surface area contributed by atoms with E-state index >= 15 is 4.39 Å². The Balaban J connectivity index is 1.72. The largest absolute Gasteiger partial charge is 0.385 e. The predicted octanol–water partition coefficient (Wildman–Crippen LogP) is 5.46. The van der Waals surface area contributed by atoms with E-state index in [-0.39, 0.29) is 28.6 Å². The van der Waals surface area contributed by atoms with Gasteiger partial charge in [-0.2, -0.15) is 0 Å². The summed E-state index contributed by atoms with van der Waals surface area (Å²) in [6.45, 7) is 2.34. The minimum absolute atomic E-state index is 0.00541. The number of carbonyl (C=O) groups excluding carboxylic acids is 1. The molecule has 1 saturated carbocycles. The average molecular weight is 526 g/mol. The highest BCUT2D eigenvalue weighted by atomic mass is 35.5. The topological polar surface area (TPSA) is 73.8 Å². The summed E-state index contributed by atoms with van der Waals surface area (Å²) in [5.41, 5.74) is -1.18. The van der Waals surface area contributed by atoms with Gasteiger partial charge in [0.1, 0.15) is 5.82 Å². The molecule has 1 aliphatic carbocycles. The first-order chi connectivity index (χ1) is 17.4. The first-order valence-electron chi connectivity index (χ1n) is 13.7. The summed E-state index contributed by atoms with van der Waals surface area (Å²) in [5.74, 6) is -0.195. The van der Waals surface area contributed by atoms with Crippen molar-refractivity contribution in [3.63, 3.8) is 0 Å². The third-order valence-electron chi connectivity index (χ3n) is 8.08. The number of benzene rings is 1. The van der Waals surface area contributed by atoms with Gasteiger partial charge in [0, 0.05) is 50.9 Å². The number of carbonyl (C=O) groups is 1. The van der Waals surface area contributed by atoms with Crippen molar-refractivity contribution in [3.8, 4) is 0 Å². The number of methoxy groups -OCH3 is 1. The number of rotatable bonds is 12. The van der Waals surface area contributed by atoms with Crippen molar-refractivity contribution >= 4 is 17.6 Å². The van der Waals surface area contributed by atoms with E-state index in [1.165, 1.54) is 38.2 Å². The fraction of sp³-hybridized carbons (Fsp3) is 0.750. The third kappa shape index (κ3) is 7.80. The van der Waals surface area contributed by atoms with E-state index in [1.54, 1.807) is 24.1 Å². The van der Waals surface area contributed by atoms with E-state index < -0.39 is 11.4 Å². The zero-order valence-corrected chi connectivity index (χ0v) is 22.8. The average Bonchev–Trinajstić information content (AvgIpc) is 2.89. The summed E-state index contributed by atoms with van der Waals surface area (Å²) >= 11 is 6.10. The number of ether oxygens (including phenoxy) is 1. The molecular weight excluding hydrogens is 481 g/mol. The molecule has 2 aliphatic rings. The second kappa shape index (κ2) is 14.5. The number of nitrogens with zero attached hydrogens (tertiary/aromatic N) is 1. The van der Waals surface area contributed by atoms with Crippen molar-refractivity contribution in [3.05, 3.63) is 34.6 Å². The van der Waals surface area contributed by atoms with Crippen molar-refractivity contribution in [2.24, 2.45) is 11.8 Å². The zero-order chi connectivity index (χ0) is 26.0. The molecule has 2 amide bonds. The fourth-order valence-corrected chi connectivity index (χ4v) is 6.29. The molecule has 3 atom stereocenters. The Kier molecular flexibility index (Phi) is 11.7. The van der Waals surface area contributed by atoms with Crippen LogP contribution in [0.25, 0.3) is 0 Å². The minimum atomic E-state index is -1.41. The number of hydrogen-bond donors (Lipinski definition) is 3. The molecule has 1 heterocycles. The number of piperidine rings is 1. The van der Waals surface area contributed by atoms with Crippen LogP contribution < -0.4 is 10.6 Å². The number of nitrogens with one attached hydrogen (secondary N) is 2. The van der Waals surface area contributed by atoms with Crippen LogP contribution >= 0.6 is 11.6 Å². The van der Waals surface area contributed by atoms with Gasteiger partial charge in [0.15, 0.2) is 0 Å². The van der Waals surface area contributed by atoms with Crippen LogP contribution in [0.3, 0.4) is 0 Å². The van der Waals surface area contributed by atoms with E-state index in [0.29, 0.717) is 38.5 Å². The molecular formula is C28H45ClFN3O3. The molecule has 0 aromatic heterocycles. The molecule has 0 bridgehead atoms. The lowest BCUT2D eigenvalue weighted by Gasteiger charge is -2.43. The number of unbranched alkanes of at least 4 members (excludes halogenated alkanes) is 1. The molecule has 3 rings (SSSR count). The van der Waals surface area contributed by atoms with Gasteiger partial charge >= 0.3 is 6.03 Å². The summed E-state index contributed by atoms with van der Waals surface area (Å²) in [6.07, 6.45) is 10.7. The van der Waals surface area contributed by atoms with Crippen LogP contribution in [0.5, 0.6) is 0 Å². The molecule has 1 aromatic rings. The highest BCUT2D eigenvalue weighted by Crippen LogP contribution is 2.42. The van der Waals surface area contributed by atoms with Crippen molar-refractivity contribution in [1.29, 1.82) is 0 Å². The zero-order valence-electron chi connectivity index (χ0n) is 22.0. The van der Waals surface area contributed by atoms with Crippen LogP contribution in [0.15, 0.2) is 18.2 Å². The second-order valence-electron chi connectivity index (χ2n) is 10.7. The lowest BCUT2D eigenvalue weighted by atomic mass is 9.74. The van der Waals surface area contributed by atoms with Crippen molar-refractivity contribution in [1.82, 2.24) is 15.5 Å². The van der Waals surface area contributed by atoms with Crippen molar-refractivity contribution in [2.45, 2.75) is 82.3 Å². The van der Waals surface area contributed by atoms with E-state index in [4.69, 9.17) is 16.3 Å². The van der Waals surface area contributed by atoms with Crippen molar-refractivity contribution < 1.29 is 19.0 Å². The Morgan fingerprint density at radius 1 is 1.25 bits per heavy atom. The lowest BCUT2D eigenvalue weighted by Crippen LogP contribution is -2.54. The quantitative estimate of drug-likeness (QED) is 0.317. The van der Waals surface area contributed by atoms with Gasteiger partial charge in [-0.15, -0.1) is 0 Å². The number of halogens is 2. The number of amides is 2. The Bertz CT molecular complexity index is 823. The monoisotopic (exact) mass is 525 g/mol. The van der Waals surface area contributed by atoms with Gasteiger partial charge in [0.25, 0.3) is 0 Å². The molecule has 1 saturated heterocycles. The molecule has 8 heteroatoms. The van der Waals surface area contributed by atoms with E-state index in [9.17, 15) is 9.90 Å². The number of likely N-dealkylation sites (N-methyl/N-ethyl adjacent to an activating group) is 1. The molecule has 0 radical (unpaired) electrons. The van der Waals surface area contributed by atoms with Crippen LogP contribution in [0.2, 0.25) is 5.02 Å². The van der Waals surface area contributed by atoms with Crippen LogP contribution in [-0.4, -0.2) is 62.5 Å². The van der Waals surface area contributed by atoms with Gasteiger partial charge in [0.05, 0.1) is 10.6 Å². The number of likely N-dealkylation sites (tertiary alicyclic amines) is 1. The SMILES string of the molecule is CNC[C@@H](CC1CCCCC1)NC(=O)N1CCC[C@H]([C@@](O)(CCCCOC)c2cccc(Cl)c2F)C1. The molecule has 204 valence electrons. The molecule has 3 N–H and O–H groups in total. The van der Waals surface area contributed by atoms with Crippen molar-refractivity contribution in [2.75, 3.05) is 40.4 Å². The van der Waals surface area contributed by atoms with Crippen LogP contribution in [-0.2, 0) is 10.3 Å². The maximum Gasteiger partial charge on any atom is 0.317 e. The van der Waals surface area contributed by atoms with Gasteiger partial charge < -0.3 is 25.4 Å². The highest BCUT2D eigenvalue weighted by molar-refractivity contribution is 6.30. The molecule has 0 unspecified atom stereocenters. The lowest BCUT2D eigenvalue weighted by molar-refractivity contribution is -0.0587. The van der Waals surface area contributed by atoms with Gasteiger partial charge in [-0.25, -0.2) is 9.18 Å². The molecule has 6 nitrogen and oxygen atoms in total. The first-order valence-corrected chi connectivity index (χ1v) is 14.1. The van der Waals surface area contributed by atoms with Gasteiger partial charge in [-0.3, -0.25) is 0 Å². The Hall–Kier alpha value is -1.41. The Morgan fingerprint density at radius 2 is 2.03 bits per heavy atom. The first kappa shape index (κ1) is 29.2. The van der Waals surface area contributed by atoms with Crippen LogP contribution in [0, 0.1) is 17.7 Å². The summed E-state index contributed by atoms with van der Waals surface area (Å²) in [6, 6.07) is 4.79. The predicted molar refractivity (Wildman–Crippen MR) is 143 cm³/mol. The molecule has 1 aromatic carbocycles. The summed E-state index contributed by atoms with van der Waals surface area (Å²) in [4.78, 5) is 15.2. The molecule has 1 aliphatic heterocycles. The number of urea groups is 1. The van der Waals surface area contributed by atoms with Gasteiger partial charge in [-0.05, 0) is 57.6 Å². The van der Waals surface area contributed by atoms with E-state index in [1.807, 2.05) is 7.05 Å².